The highest BCUT2D eigenvalue weighted by Gasteiger charge is 2.18. The highest BCUT2D eigenvalue weighted by molar-refractivity contribution is 6.30. The summed E-state index contributed by atoms with van der Waals surface area (Å²) in [4.78, 5) is 11.3. The van der Waals surface area contributed by atoms with Crippen LogP contribution in [0.3, 0.4) is 0 Å². The number of benzene rings is 1. The molecule has 0 bridgehead atoms. The zero-order valence-corrected chi connectivity index (χ0v) is 10.2. The van der Waals surface area contributed by atoms with Crippen molar-refractivity contribution in [3.8, 4) is 5.75 Å². The second kappa shape index (κ2) is 5.38. The van der Waals surface area contributed by atoms with E-state index in [1.54, 1.807) is 18.2 Å². The molecule has 5 heteroatoms. The van der Waals surface area contributed by atoms with E-state index in [0.717, 1.165) is 25.9 Å². The Labute approximate surface area is 105 Å². The van der Waals surface area contributed by atoms with Crippen molar-refractivity contribution in [2.45, 2.75) is 18.9 Å². The largest absolute Gasteiger partial charge is 0.488 e. The molecule has 1 aliphatic heterocycles. The molecule has 4 nitrogen and oxygen atoms in total. The monoisotopic (exact) mass is 254 g/mol. The first kappa shape index (κ1) is 12.2. The number of amides is 1. The lowest BCUT2D eigenvalue weighted by molar-refractivity contribution is 0.0990. The van der Waals surface area contributed by atoms with Crippen LogP contribution in [-0.4, -0.2) is 25.1 Å². The number of nitrogens with one attached hydrogen (secondary N) is 1. The van der Waals surface area contributed by atoms with Gasteiger partial charge in [-0.15, -0.1) is 0 Å². The predicted molar refractivity (Wildman–Crippen MR) is 66.5 cm³/mol. The fourth-order valence-corrected chi connectivity index (χ4v) is 2.06. The van der Waals surface area contributed by atoms with Crippen LogP contribution in [-0.2, 0) is 0 Å². The number of nitrogens with two attached hydrogens (primary N) is 1. The van der Waals surface area contributed by atoms with Gasteiger partial charge in [-0.05, 0) is 37.6 Å². The molecular weight excluding hydrogens is 240 g/mol. The second-order valence-corrected chi connectivity index (χ2v) is 4.53. The lowest BCUT2D eigenvalue weighted by Gasteiger charge is -2.24. The number of piperidine rings is 1. The van der Waals surface area contributed by atoms with Gasteiger partial charge in [-0.1, -0.05) is 11.6 Å². The number of primary amides is 1. The molecule has 0 radical (unpaired) electrons. The van der Waals surface area contributed by atoms with Crippen molar-refractivity contribution in [2.75, 3.05) is 13.1 Å². The molecule has 17 heavy (non-hydrogen) atoms. The number of carbonyl (C=O) groups is 1. The topological polar surface area (TPSA) is 64.4 Å². The summed E-state index contributed by atoms with van der Waals surface area (Å²) in [7, 11) is 0. The number of carbonyl (C=O) groups excluding carboxylic acids is 1. The average Bonchev–Trinajstić information content (AvgIpc) is 2.30. The Hall–Kier alpha value is -1.26. The summed E-state index contributed by atoms with van der Waals surface area (Å²) in [6.45, 7) is 1.79. The predicted octanol–water partition coefficient (Wildman–Crippen LogP) is 1.57. The molecule has 1 amide bonds. The van der Waals surface area contributed by atoms with Gasteiger partial charge in [0.1, 0.15) is 11.9 Å². The summed E-state index contributed by atoms with van der Waals surface area (Å²) >= 11 is 5.89. The van der Waals surface area contributed by atoms with Crippen molar-refractivity contribution in [3.05, 3.63) is 28.8 Å². The van der Waals surface area contributed by atoms with E-state index >= 15 is 0 Å². The van der Waals surface area contributed by atoms with Crippen molar-refractivity contribution >= 4 is 17.5 Å². The third kappa shape index (κ3) is 3.11. The lowest BCUT2D eigenvalue weighted by Crippen LogP contribution is -2.37. The summed E-state index contributed by atoms with van der Waals surface area (Å²) in [6.07, 6.45) is 2.11. The zero-order valence-electron chi connectivity index (χ0n) is 9.41. The van der Waals surface area contributed by atoms with E-state index in [0.29, 0.717) is 16.3 Å². The third-order valence-corrected chi connectivity index (χ3v) is 2.99. The molecule has 1 fully saturated rings. The SMILES string of the molecule is NC(=O)c1ccc(Cl)cc1OC1CCCNC1. The summed E-state index contributed by atoms with van der Waals surface area (Å²) in [5, 5.41) is 3.78. The smallest absolute Gasteiger partial charge is 0.252 e. The molecule has 1 heterocycles. The minimum Gasteiger partial charge on any atom is -0.488 e. The molecule has 0 aliphatic carbocycles. The highest BCUT2D eigenvalue weighted by Crippen LogP contribution is 2.25. The van der Waals surface area contributed by atoms with Gasteiger partial charge in [0.2, 0.25) is 0 Å². The molecule has 1 saturated heterocycles. The Morgan fingerprint density at radius 2 is 2.35 bits per heavy atom. The molecule has 92 valence electrons. The standard InChI is InChI=1S/C12H15ClN2O2/c13-8-3-4-10(12(14)16)11(6-8)17-9-2-1-5-15-7-9/h3-4,6,9,15H,1-2,5,7H2,(H2,14,16). The van der Waals surface area contributed by atoms with Crippen molar-refractivity contribution in [2.24, 2.45) is 5.73 Å². The van der Waals surface area contributed by atoms with Gasteiger partial charge in [-0.25, -0.2) is 0 Å². The van der Waals surface area contributed by atoms with Gasteiger partial charge in [0.15, 0.2) is 0 Å². The molecule has 1 unspecified atom stereocenters. The van der Waals surface area contributed by atoms with E-state index in [2.05, 4.69) is 5.32 Å². The molecule has 3 N–H and O–H groups in total. The van der Waals surface area contributed by atoms with Crippen molar-refractivity contribution in [1.29, 1.82) is 0 Å². The maximum atomic E-state index is 11.3. The van der Waals surface area contributed by atoms with E-state index in [9.17, 15) is 4.79 Å². The van der Waals surface area contributed by atoms with Gasteiger partial charge in [0, 0.05) is 11.6 Å². The minimum absolute atomic E-state index is 0.0697. The van der Waals surface area contributed by atoms with E-state index < -0.39 is 5.91 Å². The Morgan fingerprint density at radius 3 is 3.00 bits per heavy atom. The fourth-order valence-electron chi connectivity index (χ4n) is 1.90. The van der Waals surface area contributed by atoms with E-state index in [1.165, 1.54) is 0 Å². The molecule has 1 aromatic rings. The van der Waals surface area contributed by atoms with Crippen LogP contribution >= 0.6 is 11.6 Å². The first-order valence-corrected chi connectivity index (χ1v) is 6.01. The number of rotatable bonds is 3. The van der Waals surface area contributed by atoms with Gasteiger partial charge < -0.3 is 15.8 Å². The number of hydrogen-bond donors (Lipinski definition) is 2. The van der Waals surface area contributed by atoms with E-state index in [1.807, 2.05) is 0 Å². The first-order chi connectivity index (χ1) is 8.16. The molecule has 0 saturated carbocycles. The summed E-state index contributed by atoms with van der Waals surface area (Å²) in [5.41, 5.74) is 5.67. The minimum atomic E-state index is -0.500. The highest BCUT2D eigenvalue weighted by atomic mass is 35.5. The van der Waals surface area contributed by atoms with Crippen LogP contribution in [0.25, 0.3) is 0 Å². The molecule has 2 rings (SSSR count). The van der Waals surface area contributed by atoms with Crippen LogP contribution in [0.2, 0.25) is 5.02 Å². The maximum absolute atomic E-state index is 11.3. The second-order valence-electron chi connectivity index (χ2n) is 4.09. The van der Waals surface area contributed by atoms with Crippen molar-refractivity contribution < 1.29 is 9.53 Å². The number of hydrogen-bond acceptors (Lipinski definition) is 3. The summed E-state index contributed by atoms with van der Waals surface area (Å²) < 4.78 is 5.78. The lowest BCUT2D eigenvalue weighted by atomic mass is 10.1. The number of ether oxygens (including phenoxy) is 1. The Balaban J connectivity index is 2.17. The van der Waals surface area contributed by atoms with Crippen molar-refractivity contribution in [1.82, 2.24) is 5.32 Å². The van der Waals surface area contributed by atoms with Gasteiger partial charge in [0.05, 0.1) is 5.56 Å². The van der Waals surface area contributed by atoms with Crippen molar-refractivity contribution in [3.63, 3.8) is 0 Å². The fraction of sp³-hybridized carbons (Fsp3) is 0.417. The molecule has 0 aromatic heterocycles. The van der Waals surface area contributed by atoms with Crippen LogP contribution < -0.4 is 15.8 Å². The Morgan fingerprint density at radius 1 is 1.53 bits per heavy atom. The number of halogens is 1. The van der Waals surface area contributed by atoms with Crippen LogP contribution in [0.1, 0.15) is 23.2 Å². The van der Waals surface area contributed by atoms with Crippen LogP contribution in [0, 0.1) is 0 Å². The molecule has 1 atom stereocenters. The maximum Gasteiger partial charge on any atom is 0.252 e. The molecule has 1 aromatic carbocycles. The third-order valence-electron chi connectivity index (χ3n) is 2.75. The zero-order chi connectivity index (χ0) is 12.3. The average molecular weight is 255 g/mol. The summed E-state index contributed by atoms with van der Waals surface area (Å²) in [5.74, 6) is -0.0286. The van der Waals surface area contributed by atoms with Gasteiger partial charge >= 0.3 is 0 Å². The van der Waals surface area contributed by atoms with Crippen LogP contribution in [0.4, 0.5) is 0 Å². The molecular formula is C12H15ClN2O2. The van der Waals surface area contributed by atoms with E-state index in [-0.39, 0.29) is 6.10 Å². The first-order valence-electron chi connectivity index (χ1n) is 5.63. The van der Waals surface area contributed by atoms with Crippen LogP contribution in [0.15, 0.2) is 18.2 Å². The molecule has 1 aliphatic rings. The van der Waals surface area contributed by atoms with Gasteiger partial charge in [-0.2, -0.15) is 0 Å². The molecule has 0 spiro atoms. The van der Waals surface area contributed by atoms with Crippen LogP contribution in [0.5, 0.6) is 5.75 Å². The quantitative estimate of drug-likeness (QED) is 0.861. The van der Waals surface area contributed by atoms with Gasteiger partial charge in [0.25, 0.3) is 5.91 Å². The normalized spacial score (nSPS) is 19.9. The Kier molecular flexibility index (Phi) is 3.86. The van der Waals surface area contributed by atoms with E-state index in [4.69, 9.17) is 22.1 Å². The van der Waals surface area contributed by atoms with Gasteiger partial charge in [-0.3, -0.25) is 4.79 Å². The summed E-state index contributed by atoms with van der Waals surface area (Å²) in [6, 6.07) is 4.86. The Bertz CT molecular complexity index is 417.